The molecule has 0 fully saturated rings. The zero-order valence-electron chi connectivity index (χ0n) is 15.3. The summed E-state index contributed by atoms with van der Waals surface area (Å²) in [6.45, 7) is 0. The van der Waals surface area contributed by atoms with Crippen LogP contribution in [-0.2, 0) is 9.59 Å². The van der Waals surface area contributed by atoms with E-state index in [4.69, 9.17) is 4.74 Å². The van der Waals surface area contributed by atoms with Gasteiger partial charge in [-0.3, -0.25) is 19.7 Å². The van der Waals surface area contributed by atoms with E-state index in [-0.39, 0.29) is 28.7 Å². The van der Waals surface area contributed by atoms with Crippen molar-refractivity contribution in [2.24, 2.45) is 5.10 Å². The summed E-state index contributed by atoms with van der Waals surface area (Å²) in [6.07, 6.45) is 1.18. The van der Waals surface area contributed by atoms with Crippen molar-refractivity contribution in [1.29, 1.82) is 0 Å². The summed E-state index contributed by atoms with van der Waals surface area (Å²) in [5.74, 6) is -1.28. The molecule has 10 nitrogen and oxygen atoms in total. The van der Waals surface area contributed by atoms with Gasteiger partial charge in [0, 0.05) is 17.3 Å². The molecule has 2 amide bonds. The number of hydrogen-bond donors (Lipinski definition) is 3. The van der Waals surface area contributed by atoms with Crippen LogP contribution in [0.1, 0.15) is 5.56 Å². The fraction of sp³-hybridized carbons (Fsp3) is 0.167. The van der Waals surface area contributed by atoms with Gasteiger partial charge >= 0.3 is 5.69 Å². The number of nitrogens with zero attached hydrogens (tertiary/aromatic N) is 2. The number of carbonyl (C=O) groups is 2. The van der Waals surface area contributed by atoms with Gasteiger partial charge in [-0.1, -0.05) is 18.2 Å². The van der Waals surface area contributed by atoms with Crippen molar-refractivity contribution in [2.75, 3.05) is 23.9 Å². The molecule has 0 aliphatic heterocycles. The van der Waals surface area contributed by atoms with Crippen molar-refractivity contribution in [2.45, 2.75) is 0 Å². The first-order valence-electron chi connectivity index (χ1n) is 8.20. The number of nitro benzene ring substituents is 1. The first kappa shape index (κ1) is 21.7. The maximum Gasteiger partial charge on any atom is 0.315 e. The Bertz CT molecular complexity index is 920. The second-order valence-electron chi connectivity index (χ2n) is 5.55. The first-order valence-corrected chi connectivity index (χ1v) is 9.36. The van der Waals surface area contributed by atoms with Crippen LogP contribution in [0.5, 0.6) is 11.5 Å². The van der Waals surface area contributed by atoms with Gasteiger partial charge in [0.05, 0.1) is 29.8 Å². The van der Waals surface area contributed by atoms with Crippen LogP contribution in [0.25, 0.3) is 0 Å². The largest absolute Gasteiger partial charge is 0.500 e. The van der Waals surface area contributed by atoms with E-state index in [2.05, 4.69) is 15.8 Å². The number of ether oxygens (including phenoxy) is 1. The van der Waals surface area contributed by atoms with Crippen LogP contribution < -0.4 is 15.5 Å². The molecule has 0 radical (unpaired) electrons. The van der Waals surface area contributed by atoms with Gasteiger partial charge in [0.2, 0.25) is 17.6 Å². The van der Waals surface area contributed by atoms with E-state index in [0.717, 1.165) is 17.8 Å². The number of carbonyl (C=O) groups excluding carboxylic acids is 2. The molecule has 0 aliphatic rings. The molecule has 0 aliphatic carbocycles. The maximum absolute atomic E-state index is 11.8. The molecule has 2 aromatic rings. The fourth-order valence-electron chi connectivity index (χ4n) is 2.15. The molecule has 0 heterocycles. The molecular weight excluding hydrogens is 400 g/mol. The zero-order valence-corrected chi connectivity index (χ0v) is 16.1. The van der Waals surface area contributed by atoms with Crippen LogP contribution in [-0.4, -0.2) is 46.7 Å². The van der Waals surface area contributed by atoms with Crippen LogP contribution in [0.3, 0.4) is 0 Å². The van der Waals surface area contributed by atoms with E-state index in [1.807, 2.05) is 6.07 Å². The minimum absolute atomic E-state index is 0.00139. The van der Waals surface area contributed by atoms with Crippen LogP contribution in [0.2, 0.25) is 0 Å². The molecule has 0 aromatic heterocycles. The van der Waals surface area contributed by atoms with Crippen molar-refractivity contribution in [3.05, 3.63) is 58.1 Å². The molecule has 0 spiro atoms. The van der Waals surface area contributed by atoms with Gasteiger partial charge < -0.3 is 15.2 Å². The van der Waals surface area contributed by atoms with Gasteiger partial charge in [0.15, 0.2) is 5.75 Å². The second-order valence-corrected chi connectivity index (χ2v) is 6.53. The lowest BCUT2D eigenvalue weighted by Gasteiger charge is -2.05. The number of nitro groups is 1. The minimum Gasteiger partial charge on any atom is -0.500 e. The Hall–Kier alpha value is -3.60. The van der Waals surface area contributed by atoms with Gasteiger partial charge in [0.1, 0.15) is 0 Å². The van der Waals surface area contributed by atoms with E-state index in [0.29, 0.717) is 5.69 Å². The standard InChI is InChI=1S/C18H18N4O6S/c1-28-15-8-12(7-14(18(15)25)22(26)27)9-19-21-17(24)11-29-10-16(23)20-13-5-3-2-4-6-13/h2-9,25H,10-11H2,1H3,(H,20,23)(H,21,24). The van der Waals surface area contributed by atoms with Gasteiger partial charge in [0.25, 0.3) is 0 Å². The van der Waals surface area contributed by atoms with Crippen LogP contribution in [0.4, 0.5) is 11.4 Å². The van der Waals surface area contributed by atoms with E-state index in [9.17, 15) is 24.8 Å². The average Bonchev–Trinajstić information content (AvgIpc) is 2.69. The Kier molecular flexibility index (Phi) is 7.98. The van der Waals surface area contributed by atoms with Gasteiger partial charge in [-0.05, 0) is 18.2 Å². The molecule has 2 aromatic carbocycles. The summed E-state index contributed by atoms with van der Waals surface area (Å²) in [4.78, 5) is 33.8. The number of para-hydroxylation sites is 1. The number of rotatable bonds is 9. The molecular formula is C18H18N4O6S. The molecule has 0 saturated carbocycles. The first-order chi connectivity index (χ1) is 13.9. The number of phenolic OH excluding ortho intramolecular Hbond substituents is 1. The lowest BCUT2D eigenvalue weighted by molar-refractivity contribution is -0.386. The van der Waals surface area contributed by atoms with Crippen LogP contribution in [0, 0.1) is 10.1 Å². The van der Waals surface area contributed by atoms with Gasteiger partial charge in [-0.15, -0.1) is 11.8 Å². The topological polar surface area (TPSA) is 143 Å². The Morgan fingerprint density at radius 3 is 2.59 bits per heavy atom. The van der Waals surface area contributed by atoms with Crippen molar-refractivity contribution in [3.8, 4) is 11.5 Å². The summed E-state index contributed by atoms with van der Waals surface area (Å²) in [6, 6.07) is 11.4. The third-order valence-electron chi connectivity index (χ3n) is 3.42. The van der Waals surface area contributed by atoms with Gasteiger partial charge in [-0.2, -0.15) is 5.10 Å². The molecule has 0 bridgehead atoms. The summed E-state index contributed by atoms with van der Waals surface area (Å²) in [7, 11) is 1.26. The summed E-state index contributed by atoms with van der Waals surface area (Å²) in [5, 5.41) is 27.1. The van der Waals surface area contributed by atoms with Crippen LogP contribution in [0.15, 0.2) is 47.6 Å². The highest BCUT2D eigenvalue weighted by molar-refractivity contribution is 8.00. The normalized spacial score (nSPS) is 10.5. The molecule has 152 valence electrons. The van der Waals surface area contributed by atoms with Gasteiger partial charge in [-0.25, -0.2) is 5.43 Å². The van der Waals surface area contributed by atoms with Crippen molar-refractivity contribution in [3.63, 3.8) is 0 Å². The Morgan fingerprint density at radius 2 is 1.93 bits per heavy atom. The highest BCUT2D eigenvalue weighted by Gasteiger charge is 2.19. The number of thioether (sulfide) groups is 1. The number of aromatic hydroxyl groups is 1. The molecule has 29 heavy (non-hydrogen) atoms. The number of nitrogens with one attached hydrogen (secondary N) is 2. The molecule has 0 atom stereocenters. The lowest BCUT2D eigenvalue weighted by Crippen LogP contribution is -2.21. The average molecular weight is 418 g/mol. The number of phenols is 1. The monoisotopic (exact) mass is 418 g/mol. The van der Waals surface area contributed by atoms with Crippen molar-refractivity contribution in [1.82, 2.24) is 5.43 Å². The summed E-state index contributed by atoms with van der Waals surface area (Å²) in [5.41, 5.74) is 2.64. The van der Waals surface area contributed by atoms with E-state index < -0.39 is 22.3 Å². The van der Waals surface area contributed by atoms with E-state index in [1.54, 1.807) is 24.3 Å². The molecule has 11 heteroatoms. The quantitative estimate of drug-likeness (QED) is 0.321. The SMILES string of the molecule is COc1cc(C=NNC(=O)CSCC(=O)Nc2ccccc2)cc([N+](=O)[O-])c1O. The Morgan fingerprint density at radius 1 is 1.24 bits per heavy atom. The molecule has 0 unspecified atom stereocenters. The lowest BCUT2D eigenvalue weighted by atomic mass is 10.2. The van der Waals surface area contributed by atoms with Crippen molar-refractivity contribution >= 4 is 41.2 Å². The molecule has 0 saturated heterocycles. The fourth-order valence-corrected chi connectivity index (χ4v) is 2.76. The van der Waals surface area contributed by atoms with Crippen molar-refractivity contribution < 1.29 is 24.4 Å². The number of hydrazone groups is 1. The smallest absolute Gasteiger partial charge is 0.315 e. The van der Waals surface area contributed by atoms with E-state index >= 15 is 0 Å². The Labute approximate surface area is 170 Å². The van der Waals surface area contributed by atoms with E-state index in [1.165, 1.54) is 19.4 Å². The maximum atomic E-state index is 11.8. The van der Waals surface area contributed by atoms with Crippen LogP contribution >= 0.6 is 11.8 Å². The predicted octanol–water partition coefficient (Wildman–Crippen LogP) is 2.13. The molecule has 3 N–H and O–H groups in total. The molecule has 2 rings (SSSR count). The third-order valence-corrected chi connectivity index (χ3v) is 4.35. The summed E-state index contributed by atoms with van der Waals surface area (Å²) >= 11 is 1.11. The second kappa shape index (κ2) is 10.7. The number of hydrogen-bond acceptors (Lipinski definition) is 8. The predicted molar refractivity (Wildman–Crippen MR) is 109 cm³/mol. The number of methoxy groups -OCH3 is 1. The number of benzene rings is 2. The zero-order chi connectivity index (χ0) is 21.2. The number of amides is 2. The third kappa shape index (κ3) is 6.81. The highest BCUT2D eigenvalue weighted by atomic mass is 32.2. The minimum atomic E-state index is -0.759. The Balaban J connectivity index is 1.81. The number of anilines is 1. The highest BCUT2D eigenvalue weighted by Crippen LogP contribution is 2.36. The summed E-state index contributed by atoms with van der Waals surface area (Å²) < 4.78 is 4.88.